The molecular formula is C25H20ClN3O2. The molecule has 0 saturated heterocycles. The predicted octanol–water partition coefficient (Wildman–Crippen LogP) is 5.31. The number of hydrogen-bond acceptors (Lipinski definition) is 3. The fourth-order valence-electron chi connectivity index (χ4n) is 3.26. The lowest BCUT2D eigenvalue weighted by Gasteiger charge is -2.11. The van der Waals surface area contributed by atoms with Crippen LogP contribution < -0.4 is 10.6 Å². The summed E-state index contributed by atoms with van der Waals surface area (Å²) in [4.78, 5) is 29.8. The number of halogens is 1. The molecule has 0 aliphatic heterocycles. The SMILES string of the molecule is O=C(CCNC(=O)c1cc(-c2ccccc2)nc2ccccc12)Nc1ccc(Cl)cc1. The average Bonchev–Trinajstić information content (AvgIpc) is 2.80. The van der Waals surface area contributed by atoms with Gasteiger partial charge in [-0.15, -0.1) is 0 Å². The third-order valence-electron chi connectivity index (χ3n) is 4.80. The first kappa shape index (κ1) is 20.6. The number of benzene rings is 3. The number of rotatable bonds is 6. The summed E-state index contributed by atoms with van der Waals surface area (Å²) in [6.45, 7) is 0.218. The van der Waals surface area contributed by atoms with E-state index < -0.39 is 0 Å². The molecule has 2 amide bonds. The second-order valence-corrected chi connectivity index (χ2v) is 7.44. The summed E-state index contributed by atoms with van der Waals surface area (Å²) < 4.78 is 0. The van der Waals surface area contributed by atoms with Crippen LogP contribution in [0.5, 0.6) is 0 Å². The molecule has 4 aromatic rings. The minimum Gasteiger partial charge on any atom is -0.351 e. The lowest BCUT2D eigenvalue weighted by molar-refractivity contribution is -0.116. The summed E-state index contributed by atoms with van der Waals surface area (Å²) in [5.41, 5.74) is 3.60. The summed E-state index contributed by atoms with van der Waals surface area (Å²) in [7, 11) is 0. The van der Waals surface area contributed by atoms with Crippen LogP contribution >= 0.6 is 11.6 Å². The second kappa shape index (κ2) is 9.41. The normalized spacial score (nSPS) is 10.6. The Kier molecular flexibility index (Phi) is 6.24. The third-order valence-corrected chi connectivity index (χ3v) is 5.05. The number of carbonyl (C=O) groups is 2. The maximum absolute atomic E-state index is 12.9. The molecule has 31 heavy (non-hydrogen) atoms. The van der Waals surface area contributed by atoms with Crippen molar-refractivity contribution in [2.75, 3.05) is 11.9 Å². The number of hydrogen-bond donors (Lipinski definition) is 2. The van der Waals surface area contributed by atoms with E-state index in [-0.39, 0.29) is 24.8 Å². The van der Waals surface area contributed by atoms with Crippen molar-refractivity contribution in [2.45, 2.75) is 6.42 Å². The summed E-state index contributed by atoms with van der Waals surface area (Å²) in [5.74, 6) is -0.428. The molecule has 0 aliphatic rings. The van der Waals surface area contributed by atoms with E-state index in [9.17, 15) is 9.59 Å². The van der Waals surface area contributed by atoms with Gasteiger partial charge in [0.25, 0.3) is 5.91 Å². The van der Waals surface area contributed by atoms with E-state index >= 15 is 0 Å². The van der Waals surface area contributed by atoms with Gasteiger partial charge in [-0.3, -0.25) is 9.59 Å². The van der Waals surface area contributed by atoms with Gasteiger partial charge in [0.05, 0.1) is 16.8 Å². The Hall–Kier alpha value is -3.70. The van der Waals surface area contributed by atoms with Gasteiger partial charge in [-0.2, -0.15) is 0 Å². The van der Waals surface area contributed by atoms with E-state index in [2.05, 4.69) is 10.6 Å². The van der Waals surface area contributed by atoms with E-state index in [4.69, 9.17) is 16.6 Å². The van der Waals surface area contributed by atoms with Crippen molar-refractivity contribution in [1.29, 1.82) is 0 Å². The van der Waals surface area contributed by atoms with Gasteiger partial charge in [0.2, 0.25) is 5.91 Å². The first-order chi connectivity index (χ1) is 15.1. The zero-order chi connectivity index (χ0) is 21.6. The molecule has 5 nitrogen and oxygen atoms in total. The minimum atomic E-state index is -0.241. The van der Waals surface area contributed by atoms with E-state index in [1.54, 1.807) is 30.3 Å². The van der Waals surface area contributed by atoms with Crippen LogP contribution in [0.4, 0.5) is 5.69 Å². The van der Waals surface area contributed by atoms with Crippen LogP contribution in [0.15, 0.2) is 84.9 Å². The maximum atomic E-state index is 12.9. The lowest BCUT2D eigenvalue weighted by Crippen LogP contribution is -2.28. The van der Waals surface area contributed by atoms with Crippen LogP contribution in [0.3, 0.4) is 0 Å². The number of pyridine rings is 1. The van der Waals surface area contributed by atoms with Crippen LogP contribution in [0, 0.1) is 0 Å². The molecule has 1 aromatic heterocycles. The molecule has 0 unspecified atom stereocenters. The van der Waals surface area contributed by atoms with Crippen LogP contribution in [0.1, 0.15) is 16.8 Å². The molecular weight excluding hydrogens is 410 g/mol. The Bertz CT molecular complexity index is 1220. The molecule has 0 radical (unpaired) electrons. The Morgan fingerprint density at radius 3 is 2.35 bits per heavy atom. The number of para-hydroxylation sites is 1. The van der Waals surface area contributed by atoms with Crippen molar-refractivity contribution >= 4 is 40.0 Å². The second-order valence-electron chi connectivity index (χ2n) is 7.00. The van der Waals surface area contributed by atoms with Crippen molar-refractivity contribution in [3.05, 3.63) is 95.5 Å². The highest BCUT2D eigenvalue weighted by Crippen LogP contribution is 2.24. The lowest BCUT2D eigenvalue weighted by atomic mass is 10.0. The van der Waals surface area contributed by atoms with Crippen molar-refractivity contribution in [3.8, 4) is 11.3 Å². The highest BCUT2D eigenvalue weighted by molar-refractivity contribution is 6.30. The molecule has 1 heterocycles. The topological polar surface area (TPSA) is 71.1 Å². The Labute approximate surface area is 185 Å². The quantitative estimate of drug-likeness (QED) is 0.436. The van der Waals surface area contributed by atoms with Crippen LogP contribution in [0.25, 0.3) is 22.2 Å². The third kappa shape index (κ3) is 5.08. The van der Waals surface area contributed by atoms with Crippen LogP contribution in [0.2, 0.25) is 5.02 Å². The standard InChI is InChI=1S/C25H20ClN3O2/c26-18-10-12-19(13-11-18)28-24(30)14-15-27-25(31)21-16-23(17-6-2-1-3-7-17)29-22-9-5-4-8-20(21)22/h1-13,16H,14-15H2,(H,27,31)(H,28,30). The molecule has 0 atom stereocenters. The van der Waals surface area contributed by atoms with Crippen molar-refractivity contribution in [2.24, 2.45) is 0 Å². The largest absolute Gasteiger partial charge is 0.351 e. The van der Waals surface area contributed by atoms with Gasteiger partial charge in [0, 0.05) is 34.6 Å². The van der Waals surface area contributed by atoms with Gasteiger partial charge in [-0.25, -0.2) is 4.98 Å². The first-order valence-electron chi connectivity index (χ1n) is 9.89. The number of amides is 2. The zero-order valence-corrected chi connectivity index (χ0v) is 17.4. The van der Waals surface area contributed by atoms with Crippen molar-refractivity contribution in [3.63, 3.8) is 0 Å². The molecule has 0 spiro atoms. The minimum absolute atomic E-state index is 0.156. The summed E-state index contributed by atoms with van der Waals surface area (Å²) in [6.07, 6.45) is 0.156. The molecule has 0 saturated carbocycles. The van der Waals surface area contributed by atoms with E-state index in [1.165, 1.54) is 0 Å². The van der Waals surface area contributed by atoms with Gasteiger partial charge in [0.1, 0.15) is 0 Å². The molecule has 154 valence electrons. The number of nitrogens with zero attached hydrogens (tertiary/aromatic N) is 1. The summed E-state index contributed by atoms with van der Waals surface area (Å²) in [6, 6.07) is 25.9. The monoisotopic (exact) mass is 429 g/mol. The van der Waals surface area contributed by atoms with Gasteiger partial charge >= 0.3 is 0 Å². The fraction of sp³-hybridized carbons (Fsp3) is 0.0800. The molecule has 0 aliphatic carbocycles. The van der Waals surface area contributed by atoms with Gasteiger partial charge < -0.3 is 10.6 Å². The van der Waals surface area contributed by atoms with Crippen LogP contribution in [-0.2, 0) is 4.79 Å². The first-order valence-corrected chi connectivity index (χ1v) is 10.3. The molecule has 2 N–H and O–H groups in total. The number of aromatic nitrogens is 1. The number of fused-ring (bicyclic) bond motifs is 1. The van der Waals surface area contributed by atoms with Gasteiger partial charge in [-0.1, -0.05) is 60.1 Å². The smallest absolute Gasteiger partial charge is 0.252 e. The molecule has 0 fully saturated rings. The van der Waals surface area contributed by atoms with E-state index in [1.807, 2.05) is 54.6 Å². The number of anilines is 1. The molecule has 6 heteroatoms. The number of nitrogens with one attached hydrogen (secondary N) is 2. The van der Waals surface area contributed by atoms with Crippen LogP contribution in [-0.4, -0.2) is 23.3 Å². The van der Waals surface area contributed by atoms with Crippen molar-refractivity contribution < 1.29 is 9.59 Å². The van der Waals surface area contributed by atoms with Gasteiger partial charge in [0.15, 0.2) is 0 Å². The Morgan fingerprint density at radius 2 is 1.58 bits per heavy atom. The Morgan fingerprint density at radius 1 is 0.871 bits per heavy atom. The van der Waals surface area contributed by atoms with Crippen molar-refractivity contribution in [1.82, 2.24) is 10.3 Å². The van der Waals surface area contributed by atoms with Gasteiger partial charge in [-0.05, 0) is 36.4 Å². The van der Waals surface area contributed by atoms with E-state index in [0.29, 0.717) is 16.3 Å². The fourth-order valence-corrected chi connectivity index (χ4v) is 3.39. The maximum Gasteiger partial charge on any atom is 0.252 e. The average molecular weight is 430 g/mol. The summed E-state index contributed by atoms with van der Waals surface area (Å²) in [5, 5.41) is 7.00. The highest BCUT2D eigenvalue weighted by Gasteiger charge is 2.14. The number of carbonyl (C=O) groups excluding carboxylic acids is 2. The predicted molar refractivity (Wildman–Crippen MR) is 124 cm³/mol. The Balaban J connectivity index is 1.47. The molecule has 3 aromatic carbocycles. The zero-order valence-electron chi connectivity index (χ0n) is 16.6. The summed E-state index contributed by atoms with van der Waals surface area (Å²) >= 11 is 5.85. The molecule has 0 bridgehead atoms. The highest BCUT2D eigenvalue weighted by atomic mass is 35.5. The molecule has 4 rings (SSSR count). The van der Waals surface area contributed by atoms with E-state index in [0.717, 1.165) is 22.2 Å².